The van der Waals surface area contributed by atoms with Gasteiger partial charge >= 0.3 is 0 Å². The summed E-state index contributed by atoms with van der Waals surface area (Å²) < 4.78 is 5.56. The zero-order valence-corrected chi connectivity index (χ0v) is 11.4. The fourth-order valence-corrected chi connectivity index (χ4v) is 2.61. The number of hydrogen-bond donors (Lipinski definition) is 1. The SMILES string of the molecule is CC(=O)N1CCN(c2cccc3c2OCC(=O)N3)CC1. The van der Waals surface area contributed by atoms with E-state index in [4.69, 9.17) is 4.74 Å². The maximum atomic E-state index is 11.3. The van der Waals surface area contributed by atoms with Gasteiger partial charge in [0.1, 0.15) is 0 Å². The topological polar surface area (TPSA) is 61.9 Å². The van der Waals surface area contributed by atoms with Crippen LogP contribution in [0.3, 0.4) is 0 Å². The molecule has 106 valence electrons. The van der Waals surface area contributed by atoms with Gasteiger partial charge in [0.05, 0.1) is 11.4 Å². The summed E-state index contributed by atoms with van der Waals surface area (Å²) in [5.41, 5.74) is 1.69. The molecule has 0 bridgehead atoms. The van der Waals surface area contributed by atoms with Gasteiger partial charge in [0.25, 0.3) is 5.91 Å². The van der Waals surface area contributed by atoms with Crippen LogP contribution in [0.4, 0.5) is 11.4 Å². The number of nitrogens with zero attached hydrogens (tertiary/aromatic N) is 2. The van der Waals surface area contributed by atoms with Crippen LogP contribution in [0.2, 0.25) is 0 Å². The highest BCUT2D eigenvalue weighted by molar-refractivity contribution is 5.97. The number of rotatable bonds is 1. The number of para-hydroxylation sites is 1. The van der Waals surface area contributed by atoms with E-state index in [0.29, 0.717) is 18.8 Å². The number of nitrogens with one attached hydrogen (secondary N) is 1. The number of hydrogen-bond acceptors (Lipinski definition) is 4. The minimum Gasteiger partial charge on any atom is -0.479 e. The molecule has 1 aromatic carbocycles. The summed E-state index contributed by atoms with van der Waals surface area (Å²) in [6.45, 7) is 4.62. The van der Waals surface area contributed by atoms with Gasteiger partial charge in [-0.05, 0) is 12.1 Å². The van der Waals surface area contributed by atoms with Crippen LogP contribution in [0, 0.1) is 0 Å². The third-order valence-electron chi connectivity index (χ3n) is 3.68. The number of piperazine rings is 1. The van der Waals surface area contributed by atoms with Gasteiger partial charge in [0.2, 0.25) is 5.91 Å². The Morgan fingerprint density at radius 3 is 2.70 bits per heavy atom. The zero-order chi connectivity index (χ0) is 14.1. The molecule has 1 saturated heterocycles. The molecule has 3 rings (SSSR count). The van der Waals surface area contributed by atoms with E-state index in [1.54, 1.807) is 6.92 Å². The van der Waals surface area contributed by atoms with E-state index >= 15 is 0 Å². The maximum Gasteiger partial charge on any atom is 0.262 e. The summed E-state index contributed by atoms with van der Waals surface area (Å²) in [6.07, 6.45) is 0. The normalized spacial score (nSPS) is 18.1. The van der Waals surface area contributed by atoms with Crippen LogP contribution in [0.25, 0.3) is 0 Å². The summed E-state index contributed by atoms with van der Waals surface area (Å²) in [5.74, 6) is 0.711. The van der Waals surface area contributed by atoms with Crippen molar-refractivity contribution in [2.45, 2.75) is 6.92 Å². The van der Waals surface area contributed by atoms with Crippen LogP contribution in [0.15, 0.2) is 18.2 Å². The minimum absolute atomic E-state index is 0.0530. The monoisotopic (exact) mass is 275 g/mol. The Labute approximate surface area is 117 Å². The van der Waals surface area contributed by atoms with Crippen molar-refractivity contribution >= 4 is 23.2 Å². The van der Waals surface area contributed by atoms with Crippen molar-refractivity contribution in [1.29, 1.82) is 0 Å². The van der Waals surface area contributed by atoms with E-state index in [1.165, 1.54) is 0 Å². The predicted octanol–water partition coefficient (Wildman–Crippen LogP) is 0.686. The lowest BCUT2D eigenvalue weighted by molar-refractivity contribution is -0.129. The van der Waals surface area contributed by atoms with Gasteiger partial charge in [-0.15, -0.1) is 0 Å². The number of amides is 2. The molecule has 0 spiro atoms. The van der Waals surface area contributed by atoms with Crippen LogP contribution in [-0.4, -0.2) is 49.5 Å². The average Bonchev–Trinajstić information content (AvgIpc) is 2.46. The summed E-state index contributed by atoms with van der Waals surface area (Å²) in [5, 5.41) is 2.81. The van der Waals surface area contributed by atoms with Crippen molar-refractivity contribution in [2.75, 3.05) is 43.0 Å². The summed E-state index contributed by atoms with van der Waals surface area (Å²) in [7, 11) is 0. The Balaban J connectivity index is 1.80. The Kier molecular flexibility index (Phi) is 3.22. The quantitative estimate of drug-likeness (QED) is 0.819. The van der Waals surface area contributed by atoms with Gasteiger partial charge < -0.3 is 19.9 Å². The molecule has 1 N–H and O–H groups in total. The average molecular weight is 275 g/mol. The third-order valence-corrected chi connectivity index (χ3v) is 3.68. The van der Waals surface area contributed by atoms with E-state index < -0.39 is 0 Å². The summed E-state index contributed by atoms with van der Waals surface area (Å²) >= 11 is 0. The first-order chi connectivity index (χ1) is 9.65. The Hall–Kier alpha value is -2.24. The number of benzene rings is 1. The molecule has 2 aliphatic rings. The van der Waals surface area contributed by atoms with Crippen LogP contribution in [0.1, 0.15) is 6.92 Å². The second-order valence-corrected chi connectivity index (χ2v) is 4.98. The molecule has 0 saturated carbocycles. The van der Waals surface area contributed by atoms with Gasteiger partial charge in [-0.1, -0.05) is 6.07 Å². The Morgan fingerprint density at radius 2 is 2.00 bits per heavy atom. The molecule has 20 heavy (non-hydrogen) atoms. The van der Waals surface area contributed by atoms with E-state index in [2.05, 4.69) is 10.2 Å². The Morgan fingerprint density at radius 1 is 1.25 bits per heavy atom. The van der Waals surface area contributed by atoms with Crippen molar-refractivity contribution in [3.63, 3.8) is 0 Å². The lowest BCUT2D eigenvalue weighted by atomic mass is 10.2. The highest BCUT2D eigenvalue weighted by Crippen LogP contribution is 2.38. The number of fused-ring (bicyclic) bond motifs is 1. The number of ether oxygens (including phenoxy) is 1. The molecule has 2 aliphatic heterocycles. The van der Waals surface area contributed by atoms with E-state index in [1.807, 2.05) is 23.1 Å². The van der Waals surface area contributed by atoms with Crippen LogP contribution >= 0.6 is 0 Å². The smallest absolute Gasteiger partial charge is 0.262 e. The maximum absolute atomic E-state index is 11.3. The van der Waals surface area contributed by atoms with Crippen molar-refractivity contribution in [2.24, 2.45) is 0 Å². The largest absolute Gasteiger partial charge is 0.479 e. The Bertz CT molecular complexity index is 551. The molecule has 2 amide bonds. The highest BCUT2D eigenvalue weighted by atomic mass is 16.5. The molecular formula is C14H17N3O3. The number of anilines is 2. The first-order valence-corrected chi connectivity index (χ1v) is 6.71. The molecular weight excluding hydrogens is 258 g/mol. The molecule has 0 radical (unpaired) electrons. The second-order valence-electron chi connectivity index (χ2n) is 4.98. The molecule has 0 aliphatic carbocycles. The fraction of sp³-hybridized carbons (Fsp3) is 0.429. The van der Waals surface area contributed by atoms with Crippen LogP contribution in [-0.2, 0) is 9.59 Å². The van der Waals surface area contributed by atoms with Crippen molar-refractivity contribution in [3.05, 3.63) is 18.2 Å². The highest BCUT2D eigenvalue weighted by Gasteiger charge is 2.25. The number of carbonyl (C=O) groups excluding carboxylic acids is 2. The van der Waals surface area contributed by atoms with E-state index in [0.717, 1.165) is 24.5 Å². The summed E-state index contributed by atoms with van der Waals surface area (Å²) in [4.78, 5) is 26.7. The van der Waals surface area contributed by atoms with Crippen LogP contribution < -0.4 is 15.0 Å². The lowest BCUT2D eigenvalue weighted by Gasteiger charge is -2.37. The van der Waals surface area contributed by atoms with Gasteiger partial charge in [0, 0.05) is 33.1 Å². The second kappa shape index (κ2) is 5.03. The molecule has 2 heterocycles. The first kappa shape index (κ1) is 12.8. The zero-order valence-electron chi connectivity index (χ0n) is 11.4. The third kappa shape index (κ3) is 2.29. The fourth-order valence-electron chi connectivity index (χ4n) is 2.61. The number of carbonyl (C=O) groups is 2. The van der Waals surface area contributed by atoms with Gasteiger partial charge in [-0.25, -0.2) is 0 Å². The van der Waals surface area contributed by atoms with E-state index in [-0.39, 0.29) is 18.4 Å². The molecule has 0 atom stereocenters. The molecule has 6 nitrogen and oxygen atoms in total. The van der Waals surface area contributed by atoms with Gasteiger partial charge in [-0.2, -0.15) is 0 Å². The van der Waals surface area contributed by atoms with Gasteiger partial charge in [0.15, 0.2) is 12.4 Å². The van der Waals surface area contributed by atoms with Crippen molar-refractivity contribution in [1.82, 2.24) is 4.90 Å². The predicted molar refractivity (Wildman–Crippen MR) is 75.0 cm³/mol. The minimum atomic E-state index is -0.129. The summed E-state index contributed by atoms with van der Waals surface area (Å²) in [6, 6.07) is 5.72. The van der Waals surface area contributed by atoms with Crippen molar-refractivity contribution in [3.8, 4) is 5.75 Å². The molecule has 6 heteroatoms. The molecule has 1 aromatic rings. The molecule has 0 unspecified atom stereocenters. The van der Waals surface area contributed by atoms with Gasteiger partial charge in [-0.3, -0.25) is 9.59 Å². The standard InChI is InChI=1S/C14H17N3O3/c1-10(18)16-5-7-17(8-6-16)12-4-2-3-11-14(12)20-9-13(19)15-11/h2-4H,5-9H2,1H3,(H,15,19). The van der Waals surface area contributed by atoms with E-state index in [9.17, 15) is 9.59 Å². The lowest BCUT2D eigenvalue weighted by Crippen LogP contribution is -2.48. The van der Waals surface area contributed by atoms with Crippen LogP contribution in [0.5, 0.6) is 5.75 Å². The molecule has 1 fully saturated rings. The first-order valence-electron chi connectivity index (χ1n) is 6.71. The molecule has 0 aromatic heterocycles. The van der Waals surface area contributed by atoms with Crippen molar-refractivity contribution < 1.29 is 14.3 Å².